The Bertz CT molecular complexity index is 1550. The van der Waals surface area contributed by atoms with E-state index in [0.29, 0.717) is 22.0 Å². The van der Waals surface area contributed by atoms with E-state index < -0.39 is 5.69 Å². The van der Waals surface area contributed by atoms with Crippen molar-refractivity contribution in [1.29, 1.82) is 0 Å². The van der Waals surface area contributed by atoms with Crippen molar-refractivity contribution in [3.63, 3.8) is 0 Å². The van der Waals surface area contributed by atoms with Gasteiger partial charge in [0.25, 0.3) is 5.56 Å². The van der Waals surface area contributed by atoms with Crippen molar-refractivity contribution in [2.75, 3.05) is 0 Å². The lowest BCUT2D eigenvalue weighted by molar-refractivity contribution is 0.564. The molecule has 0 atom stereocenters. The van der Waals surface area contributed by atoms with Gasteiger partial charge in [0.05, 0.1) is 12.9 Å². The molecule has 9 nitrogen and oxygen atoms in total. The Morgan fingerprint density at radius 1 is 1.12 bits per heavy atom. The molecule has 1 aromatic carbocycles. The summed E-state index contributed by atoms with van der Waals surface area (Å²) in [5, 5.41) is 0.559. The average molecular weight is 452 g/mol. The van der Waals surface area contributed by atoms with Crippen LogP contribution in [0.4, 0.5) is 0 Å². The molecule has 0 aliphatic carbocycles. The molecule has 32 heavy (non-hydrogen) atoms. The van der Waals surface area contributed by atoms with Crippen LogP contribution in [-0.4, -0.2) is 32.6 Å². The summed E-state index contributed by atoms with van der Waals surface area (Å²) in [6, 6.07) is 7.16. The van der Waals surface area contributed by atoms with Crippen LogP contribution in [0, 0.1) is 6.92 Å². The van der Waals surface area contributed by atoms with E-state index in [4.69, 9.17) is 11.6 Å². The molecule has 0 spiro atoms. The van der Waals surface area contributed by atoms with Crippen molar-refractivity contribution < 1.29 is 0 Å². The molecule has 4 aromatic heterocycles. The van der Waals surface area contributed by atoms with Crippen molar-refractivity contribution in [1.82, 2.24) is 32.6 Å². The maximum absolute atomic E-state index is 13.4. The van der Waals surface area contributed by atoms with Crippen LogP contribution in [0.2, 0.25) is 5.02 Å². The van der Waals surface area contributed by atoms with Gasteiger partial charge in [-0.25, -0.2) is 9.78 Å². The molecule has 0 saturated heterocycles. The molecule has 0 bridgehead atoms. The standard InChI is InChI=1S/C22H22ClN7O2/c1-15-12-29-18-19(25-21(29)28(15)9-4-8-27-10-7-24-14-27)26(2)22(32)30(20(18)31)13-16-5-3-6-17(23)11-16/h3,5-7,10-12,14H,4,8-9,13H2,1-2H3. The Balaban J connectivity index is 1.59. The Labute approximate surface area is 187 Å². The Morgan fingerprint density at radius 3 is 2.72 bits per heavy atom. The first-order valence-electron chi connectivity index (χ1n) is 10.3. The summed E-state index contributed by atoms with van der Waals surface area (Å²) in [5.74, 6) is 0.649. The lowest BCUT2D eigenvalue weighted by Crippen LogP contribution is -2.39. The summed E-state index contributed by atoms with van der Waals surface area (Å²) in [6.45, 7) is 3.69. The molecule has 0 unspecified atom stereocenters. The van der Waals surface area contributed by atoms with Crippen LogP contribution in [0.5, 0.6) is 0 Å². The molecule has 0 aliphatic heterocycles. The Hall–Kier alpha value is -3.59. The fraction of sp³-hybridized carbons (Fsp3) is 0.273. The second-order valence-electron chi connectivity index (χ2n) is 7.89. The van der Waals surface area contributed by atoms with Crippen molar-refractivity contribution in [2.24, 2.45) is 7.05 Å². The van der Waals surface area contributed by atoms with E-state index in [0.717, 1.165) is 30.8 Å². The number of aryl methyl sites for hydroxylation is 4. The van der Waals surface area contributed by atoms with E-state index in [2.05, 4.69) is 14.5 Å². The van der Waals surface area contributed by atoms with Crippen LogP contribution in [0.1, 0.15) is 17.7 Å². The molecule has 0 amide bonds. The number of fused-ring (bicyclic) bond motifs is 3. The fourth-order valence-electron chi connectivity index (χ4n) is 4.12. The fourth-order valence-corrected chi connectivity index (χ4v) is 4.33. The molecule has 4 heterocycles. The normalized spacial score (nSPS) is 11.7. The van der Waals surface area contributed by atoms with E-state index >= 15 is 0 Å². The van der Waals surface area contributed by atoms with Crippen LogP contribution >= 0.6 is 11.6 Å². The summed E-state index contributed by atoms with van der Waals surface area (Å²) in [4.78, 5) is 35.1. The number of imidazole rings is 3. The highest BCUT2D eigenvalue weighted by molar-refractivity contribution is 6.30. The number of rotatable bonds is 6. The van der Waals surface area contributed by atoms with Crippen molar-refractivity contribution >= 4 is 28.5 Å². The van der Waals surface area contributed by atoms with E-state index in [-0.39, 0.29) is 12.1 Å². The zero-order chi connectivity index (χ0) is 22.4. The number of nitrogens with zero attached hydrogens (tertiary/aromatic N) is 7. The van der Waals surface area contributed by atoms with Gasteiger partial charge in [-0.3, -0.25) is 18.3 Å². The van der Waals surface area contributed by atoms with Gasteiger partial charge in [-0.1, -0.05) is 23.7 Å². The Kier molecular flexibility index (Phi) is 4.97. The molecule has 164 valence electrons. The minimum Gasteiger partial charge on any atom is -0.337 e. The van der Waals surface area contributed by atoms with E-state index in [1.165, 1.54) is 9.13 Å². The van der Waals surface area contributed by atoms with Gasteiger partial charge >= 0.3 is 5.69 Å². The zero-order valence-electron chi connectivity index (χ0n) is 17.8. The van der Waals surface area contributed by atoms with Crippen molar-refractivity contribution in [3.05, 3.63) is 86.3 Å². The lowest BCUT2D eigenvalue weighted by atomic mass is 10.2. The topological polar surface area (TPSA) is 84.0 Å². The van der Waals surface area contributed by atoms with Gasteiger partial charge in [-0.05, 0) is 31.0 Å². The van der Waals surface area contributed by atoms with E-state index in [1.54, 1.807) is 42.2 Å². The molecule has 0 N–H and O–H groups in total. The number of benzene rings is 1. The molecule has 5 aromatic rings. The second kappa shape index (κ2) is 7.83. The molecule has 10 heteroatoms. The molecule has 0 fully saturated rings. The predicted octanol–water partition coefficient (Wildman–Crippen LogP) is 2.45. The minimum absolute atomic E-state index is 0.139. The summed E-state index contributed by atoms with van der Waals surface area (Å²) in [7, 11) is 1.64. The average Bonchev–Trinajstić information content (AvgIpc) is 3.47. The highest BCUT2D eigenvalue weighted by atomic mass is 35.5. The van der Waals surface area contributed by atoms with Crippen LogP contribution in [0.15, 0.2) is 58.8 Å². The third kappa shape index (κ3) is 3.34. The van der Waals surface area contributed by atoms with Crippen molar-refractivity contribution in [2.45, 2.75) is 33.0 Å². The van der Waals surface area contributed by atoms with Crippen molar-refractivity contribution in [3.8, 4) is 0 Å². The largest absolute Gasteiger partial charge is 0.337 e. The minimum atomic E-state index is -0.411. The van der Waals surface area contributed by atoms with Gasteiger partial charge in [0, 0.05) is 49.4 Å². The van der Waals surface area contributed by atoms with E-state index in [9.17, 15) is 9.59 Å². The summed E-state index contributed by atoms with van der Waals surface area (Å²) in [6.07, 6.45) is 8.26. The van der Waals surface area contributed by atoms with Gasteiger partial charge in [0.15, 0.2) is 11.2 Å². The summed E-state index contributed by atoms with van der Waals surface area (Å²) in [5.41, 5.74) is 1.76. The van der Waals surface area contributed by atoms with Gasteiger partial charge in [-0.2, -0.15) is 4.98 Å². The predicted molar refractivity (Wildman–Crippen MR) is 122 cm³/mol. The molecule has 5 rings (SSSR count). The second-order valence-corrected chi connectivity index (χ2v) is 8.33. The third-order valence-corrected chi connectivity index (χ3v) is 5.96. The number of hydrogen-bond donors (Lipinski definition) is 0. The van der Waals surface area contributed by atoms with Crippen LogP contribution < -0.4 is 11.2 Å². The molecule has 0 radical (unpaired) electrons. The smallest absolute Gasteiger partial charge is 0.332 e. The molecular formula is C22H22ClN7O2. The monoisotopic (exact) mass is 451 g/mol. The lowest BCUT2D eigenvalue weighted by Gasteiger charge is -2.08. The summed E-state index contributed by atoms with van der Waals surface area (Å²) < 4.78 is 8.55. The van der Waals surface area contributed by atoms with Crippen LogP contribution in [-0.2, 0) is 26.7 Å². The first-order valence-corrected chi connectivity index (χ1v) is 10.7. The SMILES string of the molecule is Cc1cn2c3c(=O)n(Cc4cccc(Cl)c4)c(=O)n(C)c3nc2n1CCCn1ccnc1. The number of aromatic nitrogens is 7. The van der Waals surface area contributed by atoms with E-state index in [1.807, 2.05) is 30.0 Å². The first-order chi connectivity index (χ1) is 15.4. The summed E-state index contributed by atoms with van der Waals surface area (Å²) >= 11 is 6.08. The first kappa shape index (κ1) is 20.3. The van der Waals surface area contributed by atoms with Crippen LogP contribution in [0.3, 0.4) is 0 Å². The Morgan fingerprint density at radius 2 is 1.97 bits per heavy atom. The van der Waals surface area contributed by atoms with Gasteiger partial charge in [0.2, 0.25) is 5.78 Å². The number of halogens is 1. The molecular weight excluding hydrogens is 430 g/mol. The third-order valence-electron chi connectivity index (χ3n) is 5.73. The zero-order valence-corrected chi connectivity index (χ0v) is 18.5. The highest BCUT2D eigenvalue weighted by Gasteiger charge is 2.20. The van der Waals surface area contributed by atoms with Gasteiger partial charge < -0.3 is 9.13 Å². The maximum atomic E-state index is 13.4. The molecule has 0 saturated carbocycles. The van der Waals surface area contributed by atoms with Gasteiger partial charge in [0.1, 0.15) is 0 Å². The molecule has 0 aliphatic rings. The van der Waals surface area contributed by atoms with Crippen LogP contribution in [0.25, 0.3) is 16.9 Å². The number of hydrogen-bond acceptors (Lipinski definition) is 4. The van der Waals surface area contributed by atoms with Gasteiger partial charge in [-0.15, -0.1) is 0 Å². The highest BCUT2D eigenvalue weighted by Crippen LogP contribution is 2.17. The quantitative estimate of drug-likeness (QED) is 0.397. The maximum Gasteiger partial charge on any atom is 0.332 e.